The van der Waals surface area contributed by atoms with Gasteiger partial charge < -0.3 is 4.57 Å². The maximum absolute atomic E-state index is 13.5. The molecule has 0 aliphatic rings. The molecular weight excluding hydrogens is 461 g/mol. The van der Waals surface area contributed by atoms with E-state index in [4.69, 9.17) is 11.6 Å². The van der Waals surface area contributed by atoms with Gasteiger partial charge in [0.1, 0.15) is 5.82 Å². The number of hydrogen-bond donors (Lipinski definition) is 1. The molecule has 1 aromatic heterocycles. The summed E-state index contributed by atoms with van der Waals surface area (Å²) in [7, 11) is -2.11. The number of carbonyl (C=O) groups is 1. The van der Waals surface area contributed by atoms with Crippen LogP contribution in [0.5, 0.6) is 0 Å². The van der Waals surface area contributed by atoms with Gasteiger partial charge in [0.25, 0.3) is 15.9 Å². The molecule has 6 nitrogen and oxygen atoms in total. The number of amides is 1. The minimum Gasteiger partial charge on any atom is -0.319 e. The predicted octanol–water partition coefficient (Wildman–Crippen LogP) is 4.57. The minimum atomic E-state index is -3.85. The fourth-order valence-electron chi connectivity index (χ4n) is 2.91. The molecule has 0 atom stereocenters. The number of hydrogen-bond acceptors (Lipinski definition) is 4. The second kappa shape index (κ2) is 8.26. The van der Waals surface area contributed by atoms with Crippen LogP contribution in [0.4, 0.5) is 10.1 Å². The Bertz CT molecular complexity index is 1480. The van der Waals surface area contributed by atoms with Crippen LogP contribution in [0.3, 0.4) is 0 Å². The van der Waals surface area contributed by atoms with E-state index >= 15 is 0 Å². The van der Waals surface area contributed by atoms with Crippen molar-refractivity contribution in [1.82, 2.24) is 4.57 Å². The van der Waals surface area contributed by atoms with Gasteiger partial charge >= 0.3 is 0 Å². The minimum absolute atomic E-state index is 0.0443. The van der Waals surface area contributed by atoms with Crippen LogP contribution in [0.1, 0.15) is 10.4 Å². The third kappa shape index (κ3) is 4.53. The molecule has 4 aromatic rings. The first-order valence-corrected chi connectivity index (χ1v) is 11.6. The molecule has 1 N–H and O–H groups in total. The number of nitrogens with zero attached hydrogens (tertiary/aromatic N) is 2. The third-order valence-corrected chi connectivity index (χ3v) is 7.20. The number of thiazole rings is 1. The Balaban J connectivity index is 1.64. The van der Waals surface area contributed by atoms with Crippen molar-refractivity contribution in [2.45, 2.75) is 4.90 Å². The third-order valence-electron chi connectivity index (χ3n) is 4.45. The number of sulfonamides is 1. The zero-order valence-corrected chi connectivity index (χ0v) is 18.4. The molecule has 0 spiro atoms. The molecule has 10 heteroatoms. The monoisotopic (exact) mass is 475 g/mol. The largest absolute Gasteiger partial charge is 0.319 e. The zero-order chi connectivity index (χ0) is 22.2. The first kappa shape index (κ1) is 21.2. The Morgan fingerprint density at radius 2 is 1.84 bits per heavy atom. The second-order valence-corrected chi connectivity index (χ2v) is 9.74. The summed E-state index contributed by atoms with van der Waals surface area (Å²) in [5.74, 6) is -0.914. The van der Waals surface area contributed by atoms with E-state index < -0.39 is 15.9 Å². The molecule has 3 aromatic carbocycles. The van der Waals surface area contributed by atoms with Gasteiger partial charge in [-0.25, -0.2) is 12.8 Å². The van der Waals surface area contributed by atoms with Crippen LogP contribution in [0.2, 0.25) is 5.02 Å². The molecule has 31 heavy (non-hydrogen) atoms. The van der Waals surface area contributed by atoms with E-state index in [-0.39, 0.29) is 22.0 Å². The van der Waals surface area contributed by atoms with Gasteiger partial charge in [-0.3, -0.25) is 9.52 Å². The normalized spacial score (nSPS) is 12.3. The lowest BCUT2D eigenvalue weighted by Crippen LogP contribution is -2.14. The van der Waals surface area contributed by atoms with E-state index in [0.717, 1.165) is 5.52 Å². The van der Waals surface area contributed by atoms with Crippen LogP contribution < -0.4 is 9.52 Å². The summed E-state index contributed by atoms with van der Waals surface area (Å²) < 4.78 is 43.4. The van der Waals surface area contributed by atoms with Crippen molar-refractivity contribution >= 4 is 54.8 Å². The molecule has 0 unspecified atom stereocenters. The topological polar surface area (TPSA) is 80.5 Å². The summed E-state index contributed by atoms with van der Waals surface area (Å²) in [6, 6.07) is 16.1. The number of aryl methyl sites for hydroxylation is 1. The molecule has 0 saturated heterocycles. The highest BCUT2D eigenvalue weighted by molar-refractivity contribution is 7.92. The number of anilines is 1. The van der Waals surface area contributed by atoms with E-state index in [1.54, 1.807) is 29.8 Å². The first-order chi connectivity index (χ1) is 14.7. The summed E-state index contributed by atoms with van der Waals surface area (Å²) in [5, 5.41) is 0.422. The lowest BCUT2D eigenvalue weighted by Gasteiger charge is -2.09. The highest BCUT2D eigenvalue weighted by atomic mass is 35.5. The summed E-state index contributed by atoms with van der Waals surface area (Å²) in [5.41, 5.74) is 1.18. The first-order valence-electron chi connectivity index (χ1n) is 8.95. The SMILES string of the molecule is Cn1c(=NC(=O)c2cccc(NS(=O)(=O)c3ccc(Cl)cc3)c2)sc2cc(F)ccc21. The van der Waals surface area contributed by atoms with Crippen molar-refractivity contribution < 1.29 is 17.6 Å². The molecule has 0 fully saturated rings. The van der Waals surface area contributed by atoms with Gasteiger partial charge in [-0.15, -0.1) is 0 Å². The van der Waals surface area contributed by atoms with E-state index in [0.29, 0.717) is 14.5 Å². The Labute approximate surface area is 186 Å². The van der Waals surface area contributed by atoms with Gasteiger partial charge in [-0.2, -0.15) is 4.99 Å². The van der Waals surface area contributed by atoms with E-state index in [1.165, 1.54) is 59.9 Å². The number of nitrogens with one attached hydrogen (secondary N) is 1. The second-order valence-electron chi connectivity index (χ2n) is 6.61. The Morgan fingerprint density at radius 1 is 1.10 bits per heavy atom. The molecule has 0 bridgehead atoms. The lowest BCUT2D eigenvalue weighted by atomic mass is 10.2. The zero-order valence-electron chi connectivity index (χ0n) is 16.0. The Hall–Kier alpha value is -3.01. The maximum Gasteiger partial charge on any atom is 0.279 e. The number of halogens is 2. The number of benzene rings is 3. The maximum atomic E-state index is 13.5. The van der Waals surface area contributed by atoms with Gasteiger partial charge in [0.15, 0.2) is 4.80 Å². The Kier molecular flexibility index (Phi) is 5.65. The quantitative estimate of drug-likeness (QED) is 0.469. The van der Waals surface area contributed by atoms with Gasteiger partial charge in [0, 0.05) is 23.3 Å². The van der Waals surface area contributed by atoms with Crippen LogP contribution >= 0.6 is 22.9 Å². The van der Waals surface area contributed by atoms with E-state index in [1.807, 2.05) is 0 Å². The summed E-state index contributed by atoms with van der Waals surface area (Å²) in [6.45, 7) is 0. The molecule has 0 radical (unpaired) electrons. The average molecular weight is 476 g/mol. The molecular formula is C21H15ClFN3O3S2. The lowest BCUT2D eigenvalue weighted by molar-refractivity contribution is 0.0998. The molecule has 1 amide bonds. The standard InChI is InChI=1S/C21H15ClFN3O3S2/c1-26-18-10-7-15(23)12-19(18)30-21(26)24-20(27)13-3-2-4-16(11-13)25-31(28,29)17-8-5-14(22)6-9-17/h2-12,25H,1H3. The van der Waals surface area contributed by atoms with Crippen LogP contribution in [0.15, 0.2) is 76.6 Å². The average Bonchev–Trinajstić information content (AvgIpc) is 3.02. The van der Waals surface area contributed by atoms with E-state index in [2.05, 4.69) is 9.71 Å². The number of carbonyl (C=O) groups excluding carboxylic acids is 1. The van der Waals surface area contributed by atoms with Gasteiger partial charge in [-0.05, 0) is 60.7 Å². The predicted molar refractivity (Wildman–Crippen MR) is 119 cm³/mol. The molecule has 158 valence electrons. The van der Waals surface area contributed by atoms with Crippen LogP contribution in [0.25, 0.3) is 10.2 Å². The fourth-order valence-corrected chi connectivity index (χ4v) is 5.13. The van der Waals surface area contributed by atoms with Crippen molar-refractivity contribution in [2.75, 3.05) is 4.72 Å². The summed E-state index contributed by atoms with van der Waals surface area (Å²) >= 11 is 6.99. The highest BCUT2D eigenvalue weighted by Gasteiger charge is 2.15. The van der Waals surface area contributed by atoms with Crippen LogP contribution in [-0.4, -0.2) is 18.9 Å². The molecule has 0 aliphatic heterocycles. The van der Waals surface area contributed by atoms with Crippen LogP contribution in [-0.2, 0) is 17.1 Å². The number of rotatable bonds is 4. The van der Waals surface area contributed by atoms with Crippen LogP contribution in [0, 0.1) is 5.82 Å². The fraction of sp³-hybridized carbons (Fsp3) is 0.0476. The Morgan fingerprint density at radius 3 is 2.58 bits per heavy atom. The van der Waals surface area contributed by atoms with Crippen molar-refractivity contribution in [3.05, 3.63) is 87.9 Å². The number of fused-ring (bicyclic) bond motifs is 1. The highest BCUT2D eigenvalue weighted by Crippen LogP contribution is 2.20. The number of aromatic nitrogens is 1. The van der Waals surface area contributed by atoms with E-state index in [9.17, 15) is 17.6 Å². The summed E-state index contributed by atoms with van der Waals surface area (Å²) in [4.78, 5) is 17.3. The van der Waals surface area contributed by atoms with Crippen molar-refractivity contribution in [2.24, 2.45) is 12.0 Å². The summed E-state index contributed by atoms with van der Waals surface area (Å²) in [6.07, 6.45) is 0. The van der Waals surface area contributed by atoms with Crippen molar-refractivity contribution in [3.63, 3.8) is 0 Å². The van der Waals surface area contributed by atoms with Crippen molar-refractivity contribution in [3.8, 4) is 0 Å². The molecule has 0 aliphatic carbocycles. The van der Waals surface area contributed by atoms with Crippen molar-refractivity contribution in [1.29, 1.82) is 0 Å². The van der Waals surface area contributed by atoms with Gasteiger partial charge in [-0.1, -0.05) is 29.0 Å². The van der Waals surface area contributed by atoms with Gasteiger partial charge in [0.2, 0.25) is 0 Å². The molecule has 0 saturated carbocycles. The molecule has 1 heterocycles. The smallest absolute Gasteiger partial charge is 0.279 e. The van der Waals surface area contributed by atoms with Gasteiger partial charge in [0.05, 0.1) is 15.1 Å². The molecule has 4 rings (SSSR count).